The molecule has 1 aromatic heterocycles. The number of fused-ring (bicyclic) bond motifs is 3. The van der Waals surface area contributed by atoms with Crippen molar-refractivity contribution in [2.24, 2.45) is 5.92 Å². The smallest absolute Gasteiger partial charge is 0.338 e. The second-order valence-electron chi connectivity index (χ2n) is 11.1. The first-order valence-electron chi connectivity index (χ1n) is 14.8. The number of aromatic nitrogens is 1. The zero-order chi connectivity index (χ0) is 32.8. The molecule has 2 aliphatic rings. The van der Waals surface area contributed by atoms with E-state index in [2.05, 4.69) is 21.2 Å². The zero-order valence-electron chi connectivity index (χ0n) is 24.8. The first kappa shape index (κ1) is 31.1. The minimum atomic E-state index is -0.843. The predicted octanol–water partition coefficient (Wildman–Crippen LogP) is 6.44. The maximum Gasteiger partial charge on any atom is 0.338 e. The van der Waals surface area contributed by atoms with Crippen LogP contribution in [0.4, 0.5) is 11.4 Å². The summed E-state index contributed by atoms with van der Waals surface area (Å²) in [5, 5.41) is 4.45. The van der Waals surface area contributed by atoms with E-state index in [1.807, 2.05) is 66.7 Å². The maximum atomic E-state index is 14.2. The van der Waals surface area contributed by atoms with E-state index in [0.29, 0.717) is 26.8 Å². The lowest BCUT2D eigenvalue weighted by Crippen LogP contribution is -2.33. The van der Waals surface area contributed by atoms with Gasteiger partial charge < -0.3 is 10.1 Å². The molecular formula is C35H26BrN3O6S2. The number of carbonyl (C=O) groups excluding carboxylic acids is 4. The Labute approximate surface area is 285 Å². The van der Waals surface area contributed by atoms with E-state index in [0.717, 1.165) is 48.8 Å². The molecule has 1 saturated heterocycles. The number of thiazole rings is 1. The molecule has 9 nitrogen and oxygen atoms in total. The second kappa shape index (κ2) is 12.6. The fraction of sp³-hybridized carbons (Fsp3) is 0.171. The van der Waals surface area contributed by atoms with Gasteiger partial charge in [-0.25, -0.2) is 9.69 Å². The van der Waals surface area contributed by atoms with Gasteiger partial charge in [0, 0.05) is 26.3 Å². The molecule has 1 N–H and O–H groups in total. The van der Waals surface area contributed by atoms with Crippen molar-refractivity contribution in [2.45, 2.75) is 29.7 Å². The summed E-state index contributed by atoms with van der Waals surface area (Å²) < 4.78 is 7.26. The molecule has 3 unspecified atom stereocenters. The highest BCUT2D eigenvalue weighted by Crippen LogP contribution is 2.54. The van der Waals surface area contributed by atoms with Gasteiger partial charge in [-0.1, -0.05) is 87.6 Å². The number of halogens is 1. The number of hydrogen-bond acceptors (Lipinski definition) is 8. The lowest BCUT2D eigenvalue weighted by Gasteiger charge is -2.30. The third-order valence-electron chi connectivity index (χ3n) is 8.26. The number of esters is 1. The molecule has 3 heterocycles. The number of thioether (sulfide) groups is 1. The fourth-order valence-corrected chi connectivity index (χ4v) is 9.39. The Balaban J connectivity index is 1.25. The van der Waals surface area contributed by atoms with Gasteiger partial charge in [0.2, 0.25) is 17.7 Å². The van der Waals surface area contributed by atoms with Gasteiger partial charge in [0.1, 0.15) is 11.8 Å². The fourth-order valence-electron chi connectivity index (χ4n) is 6.20. The van der Waals surface area contributed by atoms with Gasteiger partial charge in [-0.15, -0.1) is 0 Å². The molecule has 236 valence electrons. The second-order valence-corrected chi connectivity index (χ2v) is 14.1. The number of hydrogen-bond donors (Lipinski definition) is 1. The highest BCUT2D eigenvalue weighted by molar-refractivity contribution is 9.10. The average molecular weight is 729 g/mol. The van der Waals surface area contributed by atoms with Gasteiger partial charge >= 0.3 is 10.8 Å². The summed E-state index contributed by atoms with van der Waals surface area (Å²) in [6.07, 6.45) is 0. The number of ether oxygens (including phenoxy) is 1. The first-order valence-corrected chi connectivity index (χ1v) is 17.3. The number of imide groups is 1. The number of carbonyl (C=O) groups is 4. The molecule has 2 aliphatic heterocycles. The van der Waals surface area contributed by atoms with Crippen LogP contribution < -0.4 is 15.1 Å². The molecule has 0 saturated carbocycles. The minimum absolute atomic E-state index is 0.223. The van der Waals surface area contributed by atoms with Crippen LogP contribution in [0.2, 0.25) is 0 Å². The first-order chi connectivity index (χ1) is 22.7. The van der Waals surface area contributed by atoms with Crippen molar-refractivity contribution in [2.75, 3.05) is 16.8 Å². The SMILES string of the molecule is CCOC(=O)c1ccc(N2C(=O)C3Sc4c(sc(=O)n4CC(=O)Nc4cccc5ccccc45)C(c4cccc(Br)c4)C3C2=O)cc1. The zero-order valence-corrected chi connectivity index (χ0v) is 28.1. The van der Waals surface area contributed by atoms with Gasteiger partial charge in [-0.05, 0) is 60.3 Å². The Morgan fingerprint density at radius 1 is 0.915 bits per heavy atom. The Bertz CT molecular complexity index is 2140. The largest absolute Gasteiger partial charge is 0.462 e. The quantitative estimate of drug-likeness (QED) is 0.152. The molecule has 0 aliphatic carbocycles. The third-order valence-corrected chi connectivity index (χ3v) is 11.4. The maximum absolute atomic E-state index is 14.2. The van der Waals surface area contributed by atoms with Gasteiger partial charge in [0.05, 0.1) is 28.8 Å². The molecule has 1 fully saturated rings. The third kappa shape index (κ3) is 5.60. The van der Waals surface area contributed by atoms with Gasteiger partial charge in [-0.2, -0.15) is 0 Å². The van der Waals surface area contributed by atoms with E-state index in [4.69, 9.17) is 4.74 Å². The van der Waals surface area contributed by atoms with E-state index in [9.17, 15) is 24.0 Å². The number of benzene rings is 4. The highest BCUT2D eigenvalue weighted by atomic mass is 79.9. The van der Waals surface area contributed by atoms with E-state index < -0.39 is 34.9 Å². The van der Waals surface area contributed by atoms with Crippen LogP contribution in [-0.4, -0.2) is 40.1 Å². The van der Waals surface area contributed by atoms with Crippen LogP contribution in [0.5, 0.6) is 0 Å². The summed E-state index contributed by atoms with van der Waals surface area (Å²) >= 11 is 5.67. The standard InChI is InChI=1S/C35H26BrN3O6S2/c1-2-45-34(43)20-13-15-23(16-14-20)39-31(41)28-27(21-9-5-10-22(36)17-21)30-33(46-29(28)32(39)42)38(35(44)47-30)18-26(40)37-25-12-6-8-19-7-3-4-11-24(19)25/h3-17,27-29H,2,18H2,1H3,(H,37,40). The van der Waals surface area contributed by atoms with Crippen molar-refractivity contribution in [3.8, 4) is 0 Å². The van der Waals surface area contributed by atoms with E-state index in [-0.39, 0.29) is 23.9 Å². The number of amides is 3. The normalized spacial score (nSPS) is 18.6. The van der Waals surface area contributed by atoms with Crippen LogP contribution in [0, 0.1) is 5.92 Å². The molecule has 5 aromatic rings. The molecule has 0 spiro atoms. The Morgan fingerprint density at radius 2 is 1.66 bits per heavy atom. The van der Waals surface area contributed by atoms with Gasteiger partial charge in [0.25, 0.3) is 0 Å². The van der Waals surface area contributed by atoms with Crippen molar-refractivity contribution in [3.63, 3.8) is 0 Å². The number of nitrogens with zero attached hydrogens (tertiary/aromatic N) is 2. The molecule has 3 amide bonds. The van der Waals surface area contributed by atoms with Crippen molar-refractivity contribution < 1.29 is 23.9 Å². The summed E-state index contributed by atoms with van der Waals surface area (Å²) in [5.41, 5.74) is 2.05. The molecule has 12 heteroatoms. The topological polar surface area (TPSA) is 115 Å². The Hall–Kier alpha value is -4.52. The van der Waals surface area contributed by atoms with Crippen LogP contribution in [0.15, 0.2) is 105 Å². The predicted molar refractivity (Wildman–Crippen MR) is 185 cm³/mol. The highest BCUT2D eigenvalue weighted by Gasteiger charge is 2.56. The monoisotopic (exact) mass is 727 g/mol. The summed E-state index contributed by atoms with van der Waals surface area (Å²) in [5.74, 6) is -3.10. The van der Waals surface area contributed by atoms with Crippen LogP contribution >= 0.6 is 39.0 Å². The summed E-state index contributed by atoms with van der Waals surface area (Å²) in [4.78, 5) is 68.8. The summed E-state index contributed by atoms with van der Waals surface area (Å²) in [6.45, 7) is 1.68. The van der Waals surface area contributed by atoms with Crippen LogP contribution in [0.25, 0.3) is 10.8 Å². The van der Waals surface area contributed by atoms with Gasteiger partial charge in [0.15, 0.2) is 0 Å². The Kier molecular flexibility index (Phi) is 8.33. The van der Waals surface area contributed by atoms with Crippen LogP contribution in [0.3, 0.4) is 0 Å². The van der Waals surface area contributed by atoms with Crippen LogP contribution in [-0.2, 0) is 25.7 Å². The molecule has 7 rings (SSSR count). The molecule has 47 heavy (non-hydrogen) atoms. The molecule has 0 bridgehead atoms. The van der Waals surface area contributed by atoms with E-state index in [1.165, 1.54) is 16.7 Å². The lowest BCUT2D eigenvalue weighted by atomic mass is 9.83. The minimum Gasteiger partial charge on any atom is -0.462 e. The van der Waals surface area contributed by atoms with Crippen molar-refractivity contribution >= 4 is 84.9 Å². The molecule has 4 aromatic carbocycles. The molecule has 3 atom stereocenters. The van der Waals surface area contributed by atoms with E-state index >= 15 is 0 Å². The van der Waals surface area contributed by atoms with Crippen molar-refractivity contribution in [1.29, 1.82) is 0 Å². The molecular weight excluding hydrogens is 702 g/mol. The summed E-state index contributed by atoms with van der Waals surface area (Å²) in [6, 6.07) is 27.0. The van der Waals surface area contributed by atoms with Crippen molar-refractivity contribution in [1.82, 2.24) is 4.57 Å². The summed E-state index contributed by atoms with van der Waals surface area (Å²) in [7, 11) is 0. The number of anilines is 2. The lowest BCUT2D eigenvalue weighted by molar-refractivity contribution is -0.122. The Morgan fingerprint density at radius 3 is 2.43 bits per heavy atom. The number of nitrogens with one attached hydrogen (secondary N) is 1. The van der Waals surface area contributed by atoms with Crippen LogP contribution in [0.1, 0.15) is 33.6 Å². The number of rotatable bonds is 7. The van der Waals surface area contributed by atoms with Gasteiger partial charge in [-0.3, -0.25) is 23.7 Å². The van der Waals surface area contributed by atoms with Crippen molar-refractivity contribution in [3.05, 3.63) is 121 Å². The average Bonchev–Trinajstić information content (AvgIpc) is 3.51. The molecule has 0 radical (unpaired) electrons. The van der Waals surface area contributed by atoms with E-state index in [1.54, 1.807) is 19.1 Å².